The molecule has 1 aliphatic rings. The molecule has 50 valence electrons. The van der Waals surface area contributed by atoms with Crippen molar-refractivity contribution in [3.05, 3.63) is 53.8 Å². The van der Waals surface area contributed by atoms with Gasteiger partial charge in [0, 0.05) is 0 Å². The van der Waals surface area contributed by atoms with Crippen LogP contribution in [0, 0.1) is 0 Å². The van der Waals surface area contributed by atoms with Crippen LogP contribution in [0.1, 0.15) is 6.92 Å². The van der Waals surface area contributed by atoms with Crippen LogP contribution in [0.2, 0.25) is 0 Å². The first-order valence-corrected chi connectivity index (χ1v) is 3.30. The highest BCUT2D eigenvalue weighted by Gasteiger charge is 1.98. The zero-order chi connectivity index (χ0) is 7.40. The van der Waals surface area contributed by atoms with Crippen LogP contribution >= 0.6 is 0 Å². The molecule has 0 unspecified atom stereocenters. The highest BCUT2D eigenvalue weighted by Crippen LogP contribution is 2.16. The van der Waals surface area contributed by atoms with Crippen LogP contribution in [0.4, 0.5) is 0 Å². The van der Waals surface area contributed by atoms with Crippen molar-refractivity contribution in [1.82, 2.24) is 0 Å². The average Bonchev–Trinajstić information content (AvgIpc) is 2.36. The van der Waals surface area contributed by atoms with E-state index in [0.29, 0.717) is 0 Å². The highest BCUT2D eigenvalue weighted by atomic mass is 14.0. The van der Waals surface area contributed by atoms with E-state index < -0.39 is 0 Å². The summed E-state index contributed by atoms with van der Waals surface area (Å²) >= 11 is 0. The Morgan fingerprint density at radius 3 is 2.70 bits per heavy atom. The second-order valence-electron chi connectivity index (χ2n) is 2.06. The lowest BCUT2D eigenvalue weighted by atomic mass is 10.1. The van der Waals surface area contributed by atoms with Gasteiger partial charge in [0.25, 0.3) is 0 Å². The van der Waals surface area contributed by atoms with Crippen LogP contribution in [-0.4, -0.2) is 0 Å². The Labute approximate surface area is 61.6 Å². The maximum absolute atomic E-state index is 3.63. The fourth-order valence-electron chi connectivity index (χ4n) is 0.909. The van der Waals surface area contributed by atoms with Gasteiger partial charge >= 0.3 is 0 Å². The molecule has 1 rings (SSSR count). The second kappa shape index (κ2) is 3.05. The Hall–Kier alpha value is -1.26. The van der Waals surface area contributed by atoms with Crippen LogP contribution < -0.4 is 0 Å². The van der Waals surface area contributed by atoms with Gasteiger partial charge in [-0.3, -0.25) is 0 Å². The predicted molar refractivity (Wildman–Crippen MR) is 44.7 cm³/mol. The van der Waals surface area contributed by atoms with Gasteiger partial charge in [0.05, 0.1) is 0 Å². The van der Waals surface area contributed by atoms with E-state index in [9.17, 15) is 0 Å². The number of hydrogen-bond donors (Lipinski definition) is 0. The molecule has 0 heteroatoms. The normalized spacial score (nSPS) is 22.9. The number of allylic oxidation sites excluding steroid dienone is 6. The molecule has 1 aliphatic carbocycles. The molecule has 0 spiro atoms. The predicted octanol–water partition coefficient (Wildman–Crippen LogP) is 2.77. The van der Waals surface area contributed by atoms with E-state index in [4.69, 9.17) is 0 Å². The Morgan fingerprint density at radius 1 is 1.40 bits per heavy atom. The third kappa shape index (κ3) is 1.18. The summed E-state index contributed by atoms with van der Waals surface area (Å²) in [7, 11) is 0. The van der Waals surface area contributed by atoms with E-state index in [1.165, 1.54) is 11.1 Å². The van der Waals surface area contributed by atoms with Crippen molar-refractivity contribution in [3.63, 3.8) is 0 Å². The monoisotopic (exact) mass is 130 g/mol. The highest BCUT2D eigenvalue weighted by molar-refractivity contribution is 5.51. The van der Waals surface area contributed by atoms with Gasteiger partial charge in [-0.2, -0.15) is 0 Å². The van der Waals surface area contributed by atoms with E-state index in [2.05, 4.69) is 18.4 Å². The largest absolute Gasteiger partial charge is 0.120 e. The van der Waals surface area contributed by atoms with Gasteiger partial charge in [-0.1, -0.05) is 24.8 Å². The molecule has 0 atom stereocenters. The lowest BCUT2D eigenvalue weighted by molar-refractivity contribution is 1.55. The fourth-order valence-corrected chi connectivity index (χ4v) is 0.909. The van der Waals surface area contributed by atoms with E-state index in [1.807, 2.05) is 25.2 Å². The minimum atomic E-state index is 1.19. The molecular weight excluding hydrogens is 120 g/mol. The summed E-state index contributed by atoms with van der Waals surface area (Å²) in [5.41, 5.74) is 5.44. The molecular formula is C10H10. The van der Waals surface area contributed by atoms with E-state index in [0.717, 1.165) is 0 Å². The van der Waals surface area contributed by atoms with Crippen molar-refractivity contribution in [2.45, 2.75) is 6.92 Å². The SMILES string of the molecule is C=C/C=C1/C=C=C/C1=C/C. The van der Waals surface area contributed by atoms with Crippen molar-refractivity contribution < 1.29 is 0 Å². The molecule has 0 bridgehead atoms. The van der Waals surface area contributed by atoms with E-state index >= 15 is 0 Å². The minimum Gasteiger partial charge on any atom is -0.120 e. The molecule has 0 nitrogen and oxygen atoms in total. The first-order chi connectivity index (χ1) is 4.88. The molecule has 0 radical (unpaired) electrons. The molecule has 0 amide bonds. The summed E-state index contributed by atoms with van der Waals surface area (Å²) < 4.78 is 0. The third-order valence-corrected chi connectivity index (χ3v) is 1.42. The quantitative estimate of drug-likeness (QED) is 0.479. The summed E-state index contributed by atoms with van der Waals surface area (Å²) in [6, 6.07) is 0. The lowest BCUT2D eigenvalue weighted by Gasteiger charge is -1.93. The molecule has 0 saturated carbocycles. The Kier molecular flexibility index (Phi) is 2.09. The van der Waals surface area contributed by atoms with Crippen molar-refractivity contribution in [3.8, 4) is 0 Å². The van der Waals surface area contributed by atoms with Crippen LogP contribution in [0.3, 0.4) is 0 Å². The van der Waals surface area contributed by atoms with Crippen molar-refractivity contribution >= 4 is 0 Å². The summed E-state index contributed by atoms with van der Waals surface area (Å²) in [4.78, 5) is 0. The molecule has 0 aliphatic heterocycles. The van der Waals surface area contributed by atoms with Gasteiger partial charge in [-0.05, 0) is 30.2 Å². The van der Waals surface area contributed by atoms with Crippen LogP contribution in [0.15, 0.2) is 53.8 Å². The van der Waals surface area contributed by atoms with Gasteiger partial charge in [-0.25, -0.2) is 0 Å². The first-order valence-electron chi connectivity index (χ1n) is 3.30. The summed E-state index contributed by atoms with van der Waals surface area (Å²) in [5.74, 6) is 0. The van der Waals surface area contributed by atoms with Crippen molar-refractivity contribution in [1.29, 1.82) is 0 Å². The third-order valence-electron chi connectivity index (χ3n) is 1.42. The summed E-state index contributed by atoms with van der Waals surface area (Å²) in [6.45, 7) is 5.65. The minimum absolute atomic E-state index is 1.19. The second-order valence-corrected chi connectivity index (χ2v) is 2.06. The molecule has 0 aromatic carbocycles. The van der Waals surface area contributed by atoms with Gasteiger partial charge in [-0.15, -0.1) is 5.73 Å². The molecule has 0 heterocycles. The summed E-state index contributed by atoms with van der Waals surface area (Å²) in [6.07, 6.45) is 9.75. The molecule has 10 heavy (non-hydrogen) atoms. The van der Waals surface area contributed by atoms with Crippen molar-refractivity contribution in [2.24, 2.45) is 0 Å². The van der Waals surface area contributed by atoms with Crippen molar-refractivity contribution in [2.75, 3.05) is 0 Å². The molecule has 0 aromatic heterocycles. The molecule has 0 fully saturated rings. The fraction of sp³-hybridized carbons (Fsp3) is 0.100. The standard InChI is InChI=1S/C10H10/c1-3-6-10-8-5-7-9(10)4-2/h3-4,6-8H,1H2,2H3/b9-4-,10-6-. The maximum atomic E-state index is 3.63. The van der Waals surface area contributed by atoms with E-state index in [1.54, 1.807) is 6.08 Å². The zero-order valence-electron chi connectivity index (χ0n) is 6.09. The number of hydrogen-bond acceptors (Lipinski definition) is 0. The lowest BCUT2D eigenvalue weighted by Crippen LogP contribution is -1.75. The maximum Gasteiger partial charge on any atom is -0.0104 e. The van der Waals surface area contributed by atoms with Gasteiger partial charge in [0.15, 0.2) is 0 Å². The topological polar surface area (TPSA) is 0 Å². The van der Waals surface area contributed by atoms with E-state index in [-0.39, 0.29) is 0 Å². The summed E-state index contributed by atoms with van der Waals surface area (Å²) in [5, 5.41) is 0. The Balaban J connectivity index is 2.94. The van der Waals surface area contributed by atoms with Gasteiger partial charge in [0.2, 0.25) is 0 Å². The van der Waals surface area contributed by atoms with Crippen LogP contribution in [-0.2, 0) is 0 Å². The number of rotatable bonds is 1. The molecule has 0 aromatic rings. The Morgan fingerprint density at radius 2 is 2.10 bits per heavy atom. The molecule has 0 N–H and O–H groups in total. The van der Waals surface area contributed by atoms with Crippen LogP contribution in [0.25, 0.3) is 0 Å². The Bertz CT molecular complexity index is 256. The van der Waals surface area contributed by atoms with Gasteiger partial charge < -0.3 is 0 Å². The van der Waals surface area contributed by atoms with Crippen LogP contribution in [0.5, 0.6) is 0 Å². The smallest absolute Gasteiger partial charge is 0.0104 e. The molecule has 0 saturated heterocycles. The average molecular weight is 130 g/mol. The zero-order valence-corrected chi connectivity index (χ0v) is 6.09. The first kappa shape index (κ1) is 6.85. The van der Waals surface area contributed by atoms with Gasteiger partial charge in [0.1, 0.15) is 0 Å².